The molecule has 1 aliphatic carbocycles. The van der Waals surface area contributed by atoms with Crippen molar-refractivity contribution in [2.75, 3.05) is 6.54 Å². The number of hydrogen-bond donors (Lipinski definition) is 2. The Labute approximate surface area is 106 Å². The summed E-state index contributed by atoms with van der Waals surface area (Å²) in [6.45, 7) is 9.10. The molecular weight excluding hydrogens is 212 g/mol. The molecule has 3 unspecified atom stereocenters. The van der Waals surface area contributed by atoms with Crippen LogP contribution in [0.15, 0.2) is 0 Å². The monoisotopic (exact) mass is 240 g/mol. The molecule has 3 atom stereocenters. The Balaban J connectivity index is 2.35. The van der Waals surface area contributed by atoms with E-state index >= 15 is 0 Å². The molecule has 0 bridgehead atoms. The molecule has 0 aromatic heterocycles. The van der Waals surface area contributed by atoms with E-state index in [4.69, 9.17) is 5.73 Å². The van der Waals surface area contributed by atoms with E-state index < -0.39 is 0 Å². The van der Waals surface area contributed by atoms with Crippen molar-refractivity contribution in [2.45, 2.75) is 59.4 Å². The molecule has 0 aromatic carbocycles. The lowest BCUT2D eigenvalue weighted by molar-refractivity contribution is -0.125. The summed E-state index contributed by atoms with van der Waals surface area (Å²) in [4.78, 5) is 12.1. The number of rotatable bonds is 6. The van der Waals surface area contributed by atoms with Crippen molar-refractivity contribution in [2.24, 2.45) is 23.0 Å². The molecule has 0 heterocycles. The fraction of sp³-hybridized carbons (Fsp3) is 0.929. The molecule has 3 nitrogen and oxygen atoms in total. The predicted molar refractivity (Wildman–Crippen MR) is 71.6 cm³/mol. The third-order valence-corrected chi connectivity index (χ3v) is 3.42. The standard InChI is InChI=1S/C14H28N2O/c1-5-6-10-7-12(10)16-13(17)11(9-15)8-14(2,3)4/h10-12H,5-9,15H2,1-4H3,(H,16,17). The summed E-state index contributed by atoms with van der Waals surface area (Å²) >= 11 is 0. The zero-order valence-electron chi connectivity index (χ0n) is 11.8. The summed E-state index contributed by atoms with van der Waals surface area (Å²) in [6.07, 6.45) is 4.46. The average Bonchev–Trinajstić information content (AvgIpc) is 2.92. The molecule has 1 amide bonds. The quantitative estimate of drug-likeness (QED) is 0.748. The first-order valence-corrected chi connectivity index (χ1v) is 6.87. The molecule has 1 rings (SSSR count). The summed E-state index contributed by atoms with van der Waals surface area (Å²) < 4.78 is 0. The molecule has 0 aromatic rings. The summed E-state index contributed by atoms with van der Waals surface area (Å²) in [7, 11) is 0. The largest absolute Gasteiger partial charge is 0.353 e. The lowest BCUT2D eigenvalue weighted by Crippen LogP contribution is -2.38. The molecule has 1 saturated carbocycles. The van der Waals surface area contributed by atoms with Crippen LogP contribution in [-0.2, 0) is 4.79 Å². The molecule has 0 saturated heterocycles. The number of carbonyl (C=O) groups excluding carboxylic acids is 1. The smallest absolute Gasteiger partial charge is 0.224 e. The summed E-state index contributed by atoms with van der Waals surface area (Å²) in [6, 6.07) is 0.427. The summed E-state index contributed by atoms with van der Waals surface area (Å²) in [5.74, 6) is 0.848. The van der Waals surface area contributed by atoms with Crippen LogP contribution in [0.5, 0.6) is 0 Å². The molecule has 0 aliphatic heterocycles. The molecule has 1 aliphatic rings. The molecule has 1 fully saturated rings. The molecule has 3 heteroatoms. The molecule has 0 radical (unpaired) electrons. The maximum Gasteiger partial charge on any atom is 0.224 e. The summed E-state index contributed by atoms with van der Waals surface area (Å²) in [5, 5.41) is 3.14. The second kappa shape index (κ2) is 5.85. The number of nitrogens with one attached hydrogen (secondary N) is 1. The Morgan fingerprint density at radius 1 is 1.47 bits per heavy atom. The predicted octanol–water partition coefficient (Wildman–Crippen LogP) is 2.30. The van der Waals surface area contributed by atoms with Crippen LogP contribution in [-0.4, -0.2) is 18.5 Å². The minimum atomic E-state index is -0.0297. The van der Waals surface area contributed by atoms with Gasteiger partial charge in [-0.25, -0.2) is 0 Å². The fourth-order valence-electron chi connectivity index (χ4n) is 2.44. The van der Waals surface area contributed by atoms with E-state index in [9.17, 15) is 4.79 Å². The van der Waals surface area contributed by atoms with Gasteiger partial charge in [-0.1, -0.05) is 34.1 Å². The Bertz CT molecular complexity index is 257. The van der Waals surface area contributed by atoms with Gasteiger partial charge in [0.25, 0.3) is 0 Å². The van der Waals surface area contributed by atoms with E-state index in [1.807, 2.05) is 0 Å². The van der Waals surface area contributed by atoms with Gasteiger partial charge in [-0.15, -0.1) is 0 Å². The van der Waals surface area contributed by atoms with Crippen LogP contribution in [0.1, 0.15) is 53.4 Å². The van der Waals surface area contributed by atoms with Gasteiger partial charge in [-0.2, -0.15) is 0 Å². The number of carbonyl (C=O) groups is 1. The first-order valence-electron chi connectivity index (χ1n) is 6.87. The Morgan fingerprint density at radius 3 is 2.59 bits per heavy atom. The van der Waals surface area contributed by atoms with Gasteiger partial charge in [0.1, 0.15) is 0 Å². The second-order valence-corrected chi connectivity index (χ2v) is 6.60. The first kappa shape index (κ1) is 14.5. The molecule has 17 heavy (non-hydrogen) atoms. The third kappa shape index (κ3) is 5.07. The SMILES string of the molecule is CCCC1CC1NC(=O)C(CN)CC(C)(C)C. The molecule has 100 valence electrons. The maximum absolute atomic E-state index is 12.1. The van der Waals surface area contributed by atoms with Crippen LogP contribution < -0.4 is 11.1 Å². The highest BCUT2D eigenvalue weighted by atomic mass is 16.2. The highest BCUT2D eigenvalue weighted by Gasteiger charge is 2.38. The van der Waals surface area contributed by atoms with Crippen molar-refractivity contribution in [3.63, 3.8) is 0 Å². The number of hydrogen-bond acceptors (Lipinski definition) is 2. The van der Waals surface area contributed by atoms with E-state index in [1.165, 1.54) is 12.8 Å². The van der Waals surface area contributed by atoms with Gasteiger partial charge in [0.2, 0.25) is 5.91 Å². The van der Waals surface area contributed by atoms with Crippen LogP contribution >= 0.6 is 0 Å². The third-order valence-electron chi connectivity index (χ3n) is 3.42. The second-order valence-electron chi connectivity index (χ2n) is 6.60. The van der Waals surface area contributed by atoms with Crippen molar-refractivity contribution in [3.05, 3.63) is 0 Å². The van der Waals surface area contributed by atoms with Crippen molar-refractivity contribution < 1.29 is 4.79 Å². The fourth-order valence-corrected chi connectivity index (χ4v) is 2.44. The van der Waals surface area contributed by atoms with Crippen LogP contribution in [0.3, 0.4) is 0 Å². The van der Waals surface area contributed by atoms with Gasteiger partial charge >= 0.3 is 0 Å². The van der Waals surface area contributed by atoms with Crippen LogP contribution in [0.2, 0.25) is 0 Å². The lowest BCUT2D eigenvalue weighted by Gasteiger charge is -2.24. The highest BCUT2D eigenvalue weighted by Crippen LogP contribution is 2.35. The van der Waals surface area contributed by atoms with Crippen molar-refractivity contribution in [1.29, 1.82) is 0 Å². The zero-order valence-corrected chi connectivity index (χ0v) is 11.8. The van der Waals surface area contributed by atoms with E-state index in [-0.39, 0.29) is 17.2 Å². The summed E-state index contributed by atoms with van der Waals surface area (Å²) in [5.41, 5.74) is 5.87. The van der Waals surface area contributed by atoms with Gasteiger partial charge in [0.05, 0.1) is 5.92 Å². The van der Waals surface area contributed by atoms with E-state index in [0.717, 1.165) is 18.8 Å². The minimum Gasteiger partial charge on any atom is -0.353 e. The Hall–Kier alpha value is -0.570. The average molecular weight is 240 g/mol. The Morgan fingerprint density at radius 2 is 2.12 bits per heavy atom. The molecule has 0 spiro atoms. The number of nitrogens with two attached hydrogens (primary N) is 1. The lowest BCUT2D eigenvalue weighted by atomic mass is 9.84. The van der Waals surface area contributed by atoms with E-state index in [1.54, 1.807) is 0 Å². The van der Waals surface area contributed by atoms with E-state index in [0.29, 0.717) is 12.6 Å². The normalized spacial score (nSPS) is 25.5. The molecular formula is C14H28N2O. The molecule has 3 N–H and O–H groups in total. The first-order chi connectivity index (χ1) is 7.87. The van der Waals surface area contributed by atoms with Gasteiger partial charge in [0.15, 0.2) is 0 Å². The Kier molecular flexibility index (Phi) is 4.99. The van der Waals surface area contributed by atoms with Crippen molar-refractivity contribution >= 4 is 5.91 Å². The van der Waals surface area contributed by atoms with Gasteiger partial charge in [-0.05, 0) is 30.6 Å². The van der Waals surface area contributed by atoms with Crippen molar-refractivity contribution in [3.8, 4) is 0 Å². The van der Waals surface area contributed by atoms with Gasteiger partial charge < -0.3 is 11.1 Å². The van der Waals surface area contributed by atoms with E-state index in [2.05, 4.69) is 33.0 Å². The highest BCUT2D eigenvalue weighted by molar-refractivity contribution is 5.79. The van der Waals surface area contributed by atoms with Crippen LogP contribution in [0.25, 0.3) is 0 Å². The minimum absolute atomic E-state index is 0.0297. The zero-order chi connectivity index (χ0) is 13.1. The topological polar surface area (TPSA) is 55.1 Å². The van der Waals surface area contributed by atoms with Gasteiger partial charge in [0, 0.05) is 12.6 Å². The van der Waals surface area contributed by atoms with Crippen LogP contribution in [0.4, 0.5) is 0 Å². The maximum atomic E-state index is 12.1. The van der Waals surface area contributed by atoms with Crippen LogP contribution in [0, 0.1) is 17.3 Å². The van der Waals surface area contributed by atoms with Gasteiger partial charge in [-0.3, -0.25) is 4.79 Å². The van der Waals surface area contributed by atoms with Crippen molar-refractivity contribution in [1.82, 2.24) is 5.32 Å². The number of amides is 1.